The Bertz CT molecular complexity index is 1730. The third kappa shape index (κ3) is 6.84. The molecule has 2 aromatic heterocycles. The lowest BCUT2D eigenvalue weighted by atomic mass is 9.90. The van der Waals surface area contributed by atoms with Gasteiger partial charge in [0.25, 0.3) is 5.91 Å². The fourth-order valence-electron chi connectivity index (χ4n) is 4.19. The van der Waals surface area contributed by atoms with Gasteiger partial charge in [0, 0.05) is 22.1 Å². The fourth-order valence-corrected chi connectivity index (χ4v) is 4.63. The van der Waals surface area contributed by atoms with Crippen molar-refractivity contribution < 1.29 is 50.5 Å². The van der Waals surface area contributed by atoms with Crippen molar-refractivity contribution in [2.24, 2.45) is 0 Å². The molecular formula is C28H22ClF7N4O4. The summed E-state index contributed by atoms with van der Waals surface area (Å²) < 4.78 is 100. The maximum Gasteiger partial charge on any atom is 0.573 e. The monoisotopic (exact) mass is 646 g/mol. The van der Waals surface area contributed by atoms with E-state index in [0.29, 0.717) is 12.1 Å². The van der Waals surface area contributed by atoms with Gasteiger partial charge in [0.05, 0.1) is 34.3 Å². The minimum Gasteiger partial charge on any atom is -0.403 e. The van der Waals surface area contributed by atoms with E-state index >= 15 is 0 Å². The Morgan fingerprint density at radius 3 is 2.18 bits per heavy atom. The molecule has 2 aromatic carbocycles. The predicted octanol–water partition coefficient (Wildman–Crippen LogP) is 6.10. The van der Waals surface area contributed by atoms with Gasteiger partial charge in [-0.1, -0.05) is 11.6 Å². The summed E-state index contributed by atoms with van der Waals surface area (Å²) in [6.07, 6.45) is -10.7. The molecule has 3 N–H and O–H groups in total. The van der Waals surface area contributed by atoms with Crippen molar-refractivity contribution in [2.45, 2.75) is 44.5 Å². The Labute approximate surface area is 249 Å². The van der Waals surface area contributed by atoms with E-state index in [9.17, 15) is 45.7 Å². The molecular weight excluding hydrogens is 625 g/mol. The minimum atomic E-state index is -5.50. The number of ether oxygens (including phenoxy) is 1. The average Bonchev–Trinajstić information content (AvgIpc) is 2.89. The van der Waals surface area contributed by atoms with Gasteiger partial charge in [0.15, 0.2) is 5.75 Å². The molecule has 1 unspecified atom stereocenters. The Morgan fingerprint density at radius 2 is 1.61 bits per heavy atom. The molecule has 4 rings (SSSR count). The van der Waals surface area contributed by atoms with Crippen molar-refractivity contribution in [3.05, 3.63) is 81.9 Å². The highest BCUT2D eigenvalue weighted by Gasteiger charge is 2.57. The summed E-state index contributed by atoms with van der Waals surface area (Å²) in [7, 11) is 0. The van der Waals surface area contributed by atoms with Crippen LogP contribution in [0.1, 0.15) is 41.2 Å². The van der Waals surface area contributed by atoms with Crippen LogP contribution < -0.4 is 10.1 Å². The standard InChI is InChI=1S/C28H22ClF7N4O4/c1-13-8-15-9-16(10-19(22(15)40-39-13)44-28(34,35)36)24(41)37-12-26(43,27(31,32)33)20-11-18(25(2,3)42)21(29)23(38-20)14-4-6-17(30)7-5-14/h4-11,42-43H,12H2,1-3H3,(H,37,41). The van der Waals surface area contributed by atoms with Crippen molar-refractivity contribution in [1.29, 1.82) is 0 Å². The second-order valence-corrected chi connectivity index (χ2v) is 10.6. The number of nitrogens with zero attached hydrogens (tertiary/aromatic N) is 3. The lowest BCUT2D eigenvalue weighted by Gasteiger charge is -2.32. The fraction of sp³-hybridized carbons (Fsp3) is 0.286. The zero-order valence-corrected chi connectivity index (χ0v) is 23.7. The lowest BCUT2D eigenvalue weighted by molar-refractivity contribution is -0.274. The van der Waals surface area contributed by atoms with Crippen LogP contribution in [-0.4, -0.2) is 50.4 Å². The van der Waals surface area contributed by atoms with Crippen LogP contribution in [0, 0.1) is 12.7 Å². The first-order valence-electron chi connectivity index (χ1n) is 12.5. The van der Waals surface area contributed by atoms with Crippen LogP contribution in [0.25, 0.3) is 22.2 Å². The third-order valence-corrected chi connectivity index (χ3v) is 6.78. The maximum atomic E-state index is 14.5. The summed E-state index contributed by atoms with van der Waals surface area (Å²) in [5, 5.41) is 30.6. The number of fused-ring (bicyclic) bond motifs is 1. The Morgan fingerprint density at radius 1 is 0.977 bits per heavy atom. The van der Waals surface area contributed by atoms with Crippen molar-refractivity contribution in [1.82, 2.24) is 20.5 Å². The van der Waals surface area contributed by atoms with Crippen molar-refractivity contribution in [3.63, 3.8) is 0 Å². The van der Waals surface area contributed by atoms with Gasteiger partial charge >= 0.3 is 12.5 Å². The SMILES string of the molecule is Cc1cc2cc(C(=O)NCC(O)(c3cc(C(C)(C)O)c(Cl)c(-c4ccc(F)cc4)n3)C(F)(F)F)cc(OC(F)(F)F)c2nn1. The molecule has 4 aromatic rings. The first kappa shape index (κ1) is 32.8. The van der Waals surface area contributed by atoms with Gasteiger partial charge in [-0.3, -0.25) is 4.79 Å². The number of rotatable bonds is 7. The molecule has 234 valence electrons. The number of hydrogen-bond donors (Lipinski definition) is 3. The second kappa shape index (κ2) is 11.4. The Kier molecular flexibility index (Phi) is 8.54. The highest BCUT2D eigenvalue weighted by Crippen LogP contribution is 2.43. The molecule has 0 saturated carbocycles. The van der Waals surface area contributed by atoms with Crippen LogP contribution in [0.15, 0.2) is 48.5 Å². The smallest absolute Gasteiger partial charge is 0.403 e. The highest BCUT2D eigenvalue weighted by atomic mass is 35.5. The van der Waals surface area contributed by atoms with Crippen LogP contribution in [0.5, 0.6) is 5.75 Å². The summed E-state index contributed by atoms with van der Waals surface area (Å²) in [5.41, 5.74) is -8.09. The van der Waals surface area contributed by atoms with Crippen molar-refractivity contribution >= 4 is 28.4 Å². The van der Waals surface area contributed by atoms with Gasteiger partial charge in [-0.05, 0) is 69.3 Å². The van der Waals surface area contributed by atoms with E-state index in [4.69, 9.17) is 11.6 Å². The zero-order valence-electron chi connectivity index (χ0n) is 22.9. The van der Waals surface area contributed by atoms with Gasteiger partial charge < -0.3 is 20.3 Å². The number of pyridine rings is 1. The van der Waals surface area contributed by atoms with Crippen molar-refractivity contribution in [2.75, 3.05) is 6.54 Å². The third-order valence-electron chi connectivity index (χ3n) is 6.40. The molecule has 0 aliphatic rings. The summed E-state index contributed by atoms with van der Waals surface area (Å²) >= 11 is 6.38. The molecule has 0 bridgehead atoms. The normalized spacial score (nSPS) is 13.9. The number of carbonyl (C=O) groups excluding carboxylic acids is 1. The van der Waals surface area contributed by atoms with Crippen LogP contribution >= 0.6 is 11.6 Å². The van der Waals surface area contributed by atoms with E-state index in [1.165, 1.54) is 39.0 Å². The summed E-state index contributed by atoms with van der Waals surface area (Å²) in [6, 6.07) is 7.98. The molecule has 8 nitrogen and oxygen atoms in total. The van der Waals surface area contributed by atoms with Crippen molar-refractivity contribution in [3.8, 4) is 17.0 Å². The van der Waals surface area contributed by atoms with E-state index < -0.39 is 59.0 Å². The maximum absolute atomic E-state index is 14.5. The van der Waals surface area contributed by atoms with Crippen LogP contribution in [0.4, 0.5) is 30.7 Å². The summed E-state index contributed by atoms with van der Waals surface area (Å²) in [6.45, 7) is 2.33. The molecule has 16 heteroatoms. The highest BCUT2D eigenvalue weighted by molar-refractivity contribution is 6.34. The molecule has 0 aliphatic carbocycles. The first-order valence-corrected chi connectivity index (χ1v) is 12.9. The van der Waals surface area contributed by atoms with E-state index in [1.54, 1.807) is 0 Å². The minimum absolute atomic E-state index is 0.0337. The number of nitrogens with one attached hydrogen (secondary N) is 1. The number of aliphatic hydroxyl groups is 2. The van der Waals surface area contributed by atoms with E-state index in [1.807, 2.05) is 5.32 Å². The number of amides is 1. The van der Waals surface area contributed by atoms with Gasteiger partial charge in [0.2, 0.25) is 5.60 Å². The Hall–Kier alpha value is -4.08. The topological polar surface area (TPSA) is 117 Å². The predicted molar refractivity (Wildman–Crippen MR) is 143 cm³/mol. The molecule has 0 aliphatic heterocycles. The Balaban J connectivity index is 1.79. The number of alkyl halides is 6. The average molecular weight is 647 g/mol. The number of aromatic nitrogens is 3. The largest absolute Gasteiger partial charge is 0.573 e. The molecule has 0 spiro atoms. The molecule has 2 heterocycles. The van der Waals surface area contributed by atoms with Crippen LogP contribution in [-0.2, 0) is 11.2 Å². The zero-order chi connectivity index (χ0) is 32.8. The molecule has 0 radical (unpaired) electrons. The second-order valence-electron chi connectivity index (χ2n) is 10.3. The van der Waals surface area contributed by atoms with E-state index in [2.05, 4.69) is 19.9 Å². The van der Waals surface area contributed by atoms with E-state index in [0.717, 1.165) is 18.2 Å². The van der Waals surface area contributed by atoms with E-state index in [-0.39, 0.29) is 38.4 Å². The molecule has 44 heavy (non-hydrogen) atoms. The quantitative estimate of drug-likeness (QED) is 0.208. The number of hydrogen-bond acceptors (Lipinski definition) is 7. The van der Waals surface area contributed by atoms with Crippen LogP contribution in [0.3, 0.4) is 0 Å². The van der Waals surface area contributed by atoms with Crippen LogP contribution in [0.2, 0.25) is 5.02 Å². The first-order chi connectivity index (χ1) is 20.2. The molecule has 1 amide bonds. The molecule has 0 saturated heterocycles. The van der Waals surface area contributed by atoms with Gasteiger partial charge in [-0.15, -0.1) is 18.3 Å². The number of halogens is 8. The summed E-state index contributed by atoms with van der Waals surface area (Å²) in [5.74, 6) is -2.92. The molecule has 0 fully saturated rings. The van der Waals surface area contributed by atoms with Gasteiger partial charge in [0.1, 0.15) is 11.3 Å². The summed E-state index contributed by atoms with van der Waals surface area (Å²) in [4.78, 5) is 16.9. The number of carbonyl (C=O) groups is 1. The lowest BCUT2D eigenvalue weighted by Crippen LogP contribution is -2.51. The van der Waals surface area contributed by atoms with Gasteiger partial charge in [-0.2, -0.15) is 18.3 Å². The molecule has 1 atom stereocenters. The number of benzene rings is 2. The van der Waals surface area contributed by atoms with Gasteiger partial charge in [-0.25, -0.2) is 9.37 Å². The number of aryl methyl sites for hydroxylation is 1.